The molecule has 0 aliphatic heterocycles. The van der Waals surface area contributed by atoms with Crippen molar-refractivity contribution in [1.82, 2.24) is 5.32 Å². The van der Waals surface area contributed by atoms with E-state index in [2.05, 4.69) is 18.0 Å². The number of nitrogens with one attached hydrogen (secondary N) is 1. The van der Waals surface area contributed by atoms with E-state index in [9.17, 15) is 4.79 Å². The van der Waals surface area contributed by atoms with Gasteiger partial charge in [-0.05, 0) is 12.1 Å². The maximum Gasteiger partial charge on any atom is 0.239 e. The average Bonchev–Trinajstić information content (AvgIpc) is 2.36. The smallest absolute Gasteiger partial charge is 0.239 e. The monoisotopic (exact) mass is 229 g/mol. The van der Waals surface area contributed by atoms with E-state index in [1.165, 1.54) is 0 Å². The van der Waals surface area contributed by atoms with Gasteiger partial charge in [0.15, 0.2) is 0 Å². The van der Waals surface area contributed by atoms with Crippen molar-refractivity contribution in [2.24, 2.45) is 0 Å². The fraction of sp³-hybridized carbons (Fsp3) is 0.231. The molecule has 0 aliphatic carbocycles. The fourth-order valence-electron chi connectivity index (χ4n) is 1.44. The third-order valence-corrected chi connectivity index (χ3v) is 2.26. The van der Waals surface area contributed by atoms with Crippen LogP contribution in [0, 0.1) is 11.3 Å². The van der Waals surface area contributed by atoms with E-state index in [0.717, 1.165) is 5.69 Å². The Bertz CT molecular complexity index is 448. The second-order valence-electron chi connectivity index (χ2n) is 3.58. The highest BCUT2D eigenvalue weighted by atomic mass is 16.2. The molecule has 0 heterocycles. The predicted octanol–water partition coefficient (Wildman–Crippen LogP) is 1.30. The van der Waals surface area contributed by atoms with Crippen LogP contribution in [0.3, 0.4) is 0 Å². The fourth-order valence-corrected chi connectivity index (χ4v) is 1.44. The summed E-state index contributed by atoms with van der Waals surface area (Å²) in [6, 6.07) is 9.29. The van der Waals surface area contributed by atoms with E-state index in [4.69, 9.17) is 5.26 Å². The average molecular weight is 229 g/mol. The van der Waals surface area contributed by atoms with Crippen LogP contribution in [0.5, 0.6) is 0 Å². The van der Waals surface area contributed by atoms with E-state index >= 15 is 0 Å². The molecule has 4 nitrogen and oxygen atoms in total. The minimum atomic E-state index is -0.0971. The van der Waals surface area contributed by atoms with E-state index < -0.39 is 0 Å². The van der Waals surface area contributed by atoms with Crippen LogP contribution < -0.4 is 10.2 Å². The summed E-state index contributed by atoms with van der Waals surface area (Å²) >= 11 is 0. The Kier molecular flexibility index (Phi) is 4.77. The summed E-state index contributed by atoms with van der Waals surface area (Å²) in [6.07, 6.45) is 1.63. The first-order chi connectivity index (χ1) is 8.19. The number of amides is 1. The number of benzene rings is 1. The molecule has 4 heteroatoms. The van der Waals surface area contributed by atoms with Gasteiger partial charge in [0.25, 0.3) is 0 Å². The number of carbonyl (C=O) groups is 1. The summed E-state index contributed by atoms with van der Waals surface area (Å²) < 4.78 is 0. The lowest BCUT2D eigenvalue weighted by atomic mass is 10.2. The van der Waals surface area contributed by atoms with Crippen LogP contribution in [-0.4, -0.2) is 26.0 Å². The van der Waals surface area contributed by atoms with Gasteiger partial charge in [0.1, 0.15) is 6.07 Å². The summed E-state index contributed by atoms with van der Waals surface area (Å²) in [5.41, 5.74) is 1.32. The Balaban J connectivity index is 2.70. The molecule has 0 saturated carbocycles. The number of hydrogen-bond donors (Lipinski definition) is 1. The van der Waals surface area contributed by atoms with E-state index in [-0.39, 0.29) is 12.5 Å². The van der Waals surface area contributed by atoms with Gasteiger partial charge >= 0.3 is 0 Å². The van der Waals surface area contributed by atoms with Crippen LogP contribution in [0.2, 0.25) is 0 Å². The summed E-state index contributed by atoms with van der Waals surface area (Å²) in [6.45, 7) is 4.19. The molecular weight excluding hydrogens is 214 g/mol. The Hall–Kier alpha value is -2.28. The molecule has 0 radical (unpaired) electrons. The molecule has 17 heavy (non-hydrogen) atoms. The van der Waals surface area contributed by atoms with Crippen molar-refractivity contribution >= 4 is 11.6 Å². The number of nitriles is 1. The van der Waals surface area contributed by atoms with Crippen molar-refractivity contribution in [1.29, 1.82) is 5.26 Å². The number of likely N-dealkylation sites (N-methyl/N-ethyl adjacent to an activating group) is 1. The standard InChI is InChI=1S/C13H15N3O/c1-3-8-15-13(17)10-16(2)12-7-5-4-6-11(12)9-14/h3-7H,1,8,10H2,2H3,(H,15,17). The van der Waals surface area contributed by atoms with Crippen molar-refractivity contribution < 1.29 is 4.79 Å². The first-order valence-electron chi connectivity index (χ1n) is 5.27. The van der Waals surface area contributed by atoms with Crippen molar-refractivity contribution in [3.8, 4) is 6.07 Å². The molecule has 0 unspecified atom stereocenters. The normalized spacial score (nSPS) is 9.18. The van der Waals surface area contributed by atoms with Crippen LogP contribution in [-0.2, 0) is 4.79 Å². The molecule has 0 atom stereocenters. The number of anilines is 1. The number of para-hydroxylation sites is 1. The summed E-state index contributed by atoms with van der Waals surface area (Å²) in [7, 11) is 1.78. The SMILES string of the molecule is C=CCNC(=O)CN(C)c1ccccc1C#N. The highest BCUT2D eigenvalue weighted by Crippen LogP contribution is 2.17. The molecule has 0 aliphatic rings. The Morgan fingerprint density at radius 3 is 2.94 bits per heavy atom. The lowest BCUT2D eigenvalue weighted by molar-refractivity contribution is -0.119. The first-order valence-corrected chi connectivity index (χ1v) is 5.27. The lowest BCUT2D eigenvalue weighted by Gasteiger charge is -2.19. The summed E-state index contributed by atoms with van der Waals surface area (Å²) in [4.78, 5) is 13.2. The summed E-state index contributed by atoms with van der Waals surface area (Å²) in [5.74, 6) is -0.0971. The predicted molar refractivity (Wildman–Crippen MR) is 67.6 cm³/mol. The largest absolute Gasteiger partial charge is 0.364 e. The van der Waals surface area contributed by atoms with Gasteiger partial charge in [-0.15, -0.1) is 6.58 Å². The molecule has 0 spiro atoms. The molecular formula is C13H15N3O. The Morgan fingerprint density at radius 2 is 2.29 bits per heavy atom. The molecule has 1 aromatic carbocycles. The van der Waals surface area contributed by atoms with Gasteiger partial charge in [-0.2, -0.15) is 5.26 Å². The van der Waals surface area contributed by atoms with Crippen molar-refractivity contribution in [2.75, 3.05) is 25.0 Å². The number of carbonyl (C=O) groups excluding carboxylic acids is 1. The molecule has 0 aromatic heterocycles. The van der Waals surface area contributed by atoms with Gasteiger partial charge in [-0.3, -0.25) is 4.79 Å². The molecule has 0 bridgehead atoms. The van der Waals surface area contributed by atoms with Gasteiger partial charge in [-0.25, -0.2) is 0 Å². The third-order valence-electron chi connectivity index (χ3n) is 2.26. The van der Waals surface area contributed by atoms with Gasteiger partial charge in [-0.1, -0.05) is 18.2 Å². The Labute approximate surface area is 101 Å². The van der Waals surface area contributed by atoms with Crippen molar-refractivity contribution in [3.05, 3.63) is 42.5 Å². The third kappa shape index (κ3) is 3.65. The second kappa shape index (κ2) is 6.33. The molecule has 0 fully saturated rings. The zero-order valence-electron chi connectivity index (χ0n) is 9.81. The van der Waals surface area contributed by atoms with Crippen LogP contribution in [0.4, 0.5) is 5.69 Å². The quantitative estimate of drug-likeness (QED) is 0.774. The maximum atomic E-state index is 11.5. The van der Waals surface area contributed by atoms with Gasteiger partial charge < -0.3 is 10.2 Å². The lowest BCUT2D eigenvalue weighted by Crippen LogP contribution is -2.35. The molecule has 1 aromatic rings. The minimum absolute atomic E-state index is 0.0971. The minimum Gasteiger partial charge on any atom is -0.364 e. The van der Waals surface area contributed by atoms with Gasteiger partial charge in [0.05, 0.1) is 17.8 Å². The number of hydrogen-bond acceptors (Lipinski definition) is 3. The number of rotatable bonds is 5. The molecule has 1 N–H and O–H groups in total. The second-order valence-corrected chi connectivity index (χ2v) is 3.58. The first kappa shape index (κ1) is 12.8. The number of nitrogens with zero attached hydrogens (tertiary/aromatic N) is 2. The van der Waals surface area contributed by atoms with E-state index in [1.54, 1.807) is 30.2 Å². The van der Waals surface area contributed by atoms with Crippen LogP contribution >= 0.6 is 0 Å². The maximum absolute atomic E-state index is 11.5. The van der Waals surface area contributed by atoms with Crippen LogP contribution in [0.15, 0.2) is 36.9 Å². The zero-order chi connectivity index (χ0) is 12.7. The van der Waals surface area contributed by atoms with E-state index in [0.29, 0.717) is 12.1 Å². The van der Waals surface area contributed by atoms with Crippen LogP contribution in [0.1, 0.15) is 5.56 Å². The molecule has 1 amide bonds. The highest BCUT2D eigenvalue weighted by Gasteiger charge is 2.09. The topological polar surface area (TPSA) is 56.1 Å². The Morgan fingerprint density at radius 1 is 1.59 bits per heavy atom. The van der Waals surface area contributed by atoms with Gasteiger partial charge in [0, 0.05) is 13.6 Å². The van der Waals surface area contributed by atoms with Gasteiger partial charge in [0.2, 0.25) is 5.91 Å². The van der Waals surface area contributed by atoms with Crippen molar-refractivity contribution in [2.45, 2.75) is 0 Å². The van der Waals surface area contributed by atoms with Crippen molar-refractivity contribution in [3.63, 3.8) is 0 Å². The summed E-state index contributed by atoms with van der Waals surface area (Å²) in [5, 5.41) is 11.6. The van der Waals surface area contributed by atoms with E-state index in [1.807, 2.05) is 12.1 Å². The molecule has 88 valence electrons. The molecule has 1 rings (SSSR count). The zero-order valence-corrected chi connectivity index (χ0v) is 9.81. The molecule has 0 saturated heterocycles. The highest BCUT2D eigenvalue weighted by molar-refractivity contribution is 5.81. The van der Waals surface area contributed by atoms with Crippen LogP contribution in [0.25, 0.3) is 0 Å².